The number of aromatic carboxylic acids is 1. The van der Waals surface area contributed by atoms with Gasteiger partial charge >= 0.3 is 5.97 Å². The fourth-order valence-electron chi connectivity index (χ4n) is 2.04. The van der Waals surface area contributed by atoms with Crippen molar-refractivity contribution in [3.05, 3.63) is 63.7 Å². The number of nitro benzene ring substituents is 1. The maximum atomic E-state index is 11.3. The highest BCUT2D eigenvalue weighted by Gasteiger charge is 2.13. The van der Waals surface area contributed by atoms with Gasteiger partial charge in [-0.15, -0.1) is 11.3 Å². The molecule has 8 nitrogen and oxygen atoms in total. The summed E-state index contributed by atoms with van der Waals surface area (Å²) in [5.41, 5.74) is 0.696. The topological polar surface area (TPSA) is 118 Å². The number of hydrogen-bond donors (Lipinski definition) is 2. The largest absolute Gasteiger partial charge is 0.478 e. The Hall–Kier alpha value is -3.33. The Morgan fingerprint density at radius 3 is 2.79 bits per heavy atom. The highest BCUT2D eigenvalue weighted by molar-refractivity contribution is 7.13. The van der Waals surface area contributed by atoms with Gasteiger partial charge in [0.15, 0.2) is 5.13 Å². The normalized spacial score (nSPS) is 10.3. The van der Waals surface area contributed by atoms with Crippen LogP contribution >= 0.6 is 11.3 Å². The number of carbonyl (C=O) groups is 1. The molecule has 0 radical (unpaired) electrons. The Kier molecular flexibility index (Phi) is 4.17. The lowest BCUT2D eigenvalue weighted by Gasteiger charge is -2.08. The summed E-state index contributed by atoms with van der Waals surface area (Å²) >= 11 is 1.34. The summed E-state index contributed by atoms with van der Waals surface area (Å²) < 4.78 is 0. The van der Waals surface area contributed by atoms with Crippen LogP contribution in [0.5, 0.6) is 0 Å². The molecule has 0 amide bonds. The molecule has 0 aliphatic rings. The summed E-state index contributed by atoms with van der Waals surface area (Å²) in [4.78, 5) is 30.1. The van der Waals surface area contributed by atoms with Crippen molar-refractivity contribution >= 4 is 33.9 Å². The number of carboxylic acid groups (broad SMARTS) is 1. The number of non-ortho nitro benzene ring substituents is 1. The van der Waals surface area contributed by atoms with Crippen molar-refractivity contribution in [2.24, 2.45) is 0 Å². The van der Waals surface area contributed by atoms with Crippen LogP contribution in [-0.2, 0) is 0 Å². The number of carboxylic acids is 1. The van der Waals surface area contributed by atoms with E-state index in [2.05, 4.69) is 15.3 Å². The van der Waals surface area contributed by atoms with E-state index in [-0.39, 0.29) is 11.3 Å². The van der Waals surface area contributed by atoms with Crippen molar-refractivity contribution in [3.8, 4) is 11.3 Å². The summed E-state index contributed by atoms with van der Waals surface area (Å²) in [5.74, 6) is -0.822. The molecule has 2 N–H and O–H groups in total. The number of anilines is 2. The smallest absolute Gasteiger partial charge is 0.335 e. The highest BCUT2D eigenvalue weighted by atomic mass is 32.1. The molecule has 0 saturated heterocycles. The van der Waals surface area contributed by atoms with Gasteiger partial charge in [0.2, 0.25) is 0 Å². The zero-order valence-electron chi connectivity index (χ0n) is 12.0. The van der Waals surface area contributed by atoms with Crippen LogP contribution in [0.4, 0.5) is 16.6 Å². The molecule has 120 valence electrons. The standard InChI is InChI=1S/C15H10N4O4S/c20-14(21)10-7-12(9-2-1-3-11(6-9)19(22)23)17-13(8-10)18-15-16-4-5-24-15/h1-8H,(H,20,21)(H,16,17,18). The predicted octanol–water partition coefficient (Wildman–Crippen LogP) is 3.56. The van der Waals surface area contributed by atoms with Crippen molar-refractivity contribution in [2.45, 2.75) is 0 Å². The Bertz CT molecular complexity index is 912. The van der Waals surface area contributed by atoms with Gasteiger partial charge in [-0.3, -0.25) is 10.1 Å². The lowest BCUT2D eigenvalue weighted by Crippen LogP contribution is -2.02. The maximum absolute atomic E-state index is 11.3. The molecule has 2 aromatic heterocycles. The molecule has 0 fully saturated rings. The van der Waals surface area contributed by atoms with Crippen LogP contribution in [0.25, 0.3) is 11.3 Å². The molecular formula is C15H10N4O4S. The quantitative estimate of drug-likeness (QED) is 0.537. The second-order valence-corrected chi connectivity index (χ2v) is 5.60. The number of nitro groups is 1. The third kappa shape index (κ3) is 3.36. The molecule has 0 saturated carbocycles. The van der Waals surface area contributed by atoms with E-state index >= 15 is 0 Å². The molecule has 3 aromatic rings. The van der Waals surface area contributed by atoms with Gasteiger partial charge in [0.05, 0.1) is 16.2 Å². The Morgan fingerprint density at radius 2 is 2.12 bits per heavy atom. The first-order chi connectivity index (χ1) is 11.5. The number of nitrogens with one attached hydrogen (secondary N) is 1. The zero-order chi connectivity index (χ0) is 17.1. The third-order valence-corrected chi connectivity index (χ3v) is 3.78. The van der Waals surface area contributed by atoms with Crippen LogP contribution in [-0.4, -0.2) is 26.0 Å². The molecule has 0 bridgehead atoms. The number of nitrogens with zero attached hydrogens (tertiary/aromatic N) is 3. The number of rotatable bonds is 5. The van der Waals surface area contributed by atoms with E-state index in [1.807, 2.05) is 0 Å². The minimum atomic E-state index is -1.12. The molecule has 0 aliphatic heterocycles. The van der Waals surface area contributed by atoms with Gasteiger partial charge in [0.25, 0.3) is 5.69 Å². The van der Waals surface area contributed by atoms with Crippen LogP contribution < -0.4 is 5.32 Å². The summed E-state index contributed by atoms with van der Waals surface area (Å²) in [6, 6.07) is 8.62. The minimum absolute atomic E-state index is 0.0190. The zero-order valence-corrected chi connectivity index (χ0v) is 12.9. The monoisotopic (exact) mass is 342 g/mol. The fourth-order valence-corrected chi connectivity index (χ4v) is 2.58. The second-order valence-electron chi connectivity index (χ2n) is 4.70. The van der Waals surface area contributed by atoms with Crippen molar-refractivity contribution in [1.82, 2.24) is 9.97 Å². The Morgan fingerprint density at radius 1 is 1.29 bits per heavy atom. The van der Waals surface area contributed by atoms with Gasteiger partial charge < -0.3 is 10.4 Å². The van der Waals surface area contributed by atoms with Crippen LogP contribution in [0, 0.1) is 10.1 Å². The molecule has 0 unspecified atom stereocenters. The van der Waals surface area contributed by atoms with Crippen LogP contribution in [0.3, 0.4) is 0 Å². The molecule has 0 aliphatic carbocycles. The Balaban J connectivity index is 2.06. The van der Waals surface area contributed by atoms with Crippen molar-refractivity contribution in [2.75, 3.05) is 5.32 Å². The first-order valence-electron chi connectivity index (χ1n) is 6.69. The van der Waals surface area contributed by atoms with E-state index < -0.39 is 10.9 Å². The van der Waals surface area contributed by atoms with E-state index in [1.165, 1.54) is 41.7 Å². The third-order valence-electron chi connectivity index (χ3n) is 3.09. The molecule has 24 heavy (non-hydrogen) atoms. The number of pyridine rings is 1. The van der Waals surface area contributed by atoms with Gasteiger partial charge in [-0.1, -0.05) is 12.1 Å². The maximum Gasteiger partial charge on any atom is 0.335 e. The minimum Gasteiger partial charge on any atom is -0.478 e. The average molecular weight is 342 g/mol. The lowest BCUT2D eigenvalue weighted by atomic mass is 10.1. The van der Waals surface area contributed by atoms with Crippen LogP contribution in [0.1, 0.15) is 10.4 Å². The lowest BCUT2D eigenvalue weighted by molar-refractivity contribution is -0.384. The predicted molar refractivity (Wildman–Crippen MR) is 88.7 cm³/mol. The number of hydrogen-bond acceptors (Lipinski definition) is 7. The van der Waals surface area contributed by atoms with Gasteiger partial charge in [0.1, 0.15) is 5.82 Å². The molecule has 0 atom stereocenters. The highest BCUT2D eigenvalue weighted by Crippen LogP contribution is 2.26. The van der Waals surface area contributed by atoms with Crippen LogP contribution in [0.2, 0.25) is 0 Å². The summed E-state index contributed by atoms with van der Waals surface area (Å²) in [7, 11) is 0. The summed E-state index contributed by atoms with van der Waals surface area (Å²) in [6.07, 6.45) is 1.61. The number of thiazole rings is 1. The van der Waals surface area contributed by atoms with Gasteiger partial charge in [-0.05, 0) is 12.1 Å². The molecule has 3 rings (SSSR count). The van der Waals surface area contributed by atoms with Crippen LogP contribution in [0.15, 0.2) is 48.0 Å². The SMILES string of the molecule is O=C(O)c1cc(Nc2nccs2)nc(-c2cccc([N+](=O)[O-])c2)c1. The van der Waals surface area contributed by atoms with Gasteiger partial charge in [0, 0.05) is 29.3 Å². The second kappa shape index (κ2) is 6.42. The van der Waals surface area contributed by atoms with Gasteiger partial charge in [-0.2, -0.15) is 0 Å². The van der Waals surface area contributed by atoms with E-state index in [0.29, 0.717) is 22.2 Å². The molecule has 2 heterocycles. The summed E-state index contributed by atoms with van der Waals surface area (Å²) in [6.45, 7) is 0. The molecule has 9 heteroatoms. The first-order valence-corrected chi connectivity index (χ1v) is 7.57. The Labute approximate surface area is 139 Å². The molecule has 1 aromatic carbocycles. The molecular weight excluding hydrogens is 332 g/mol. The van der Waals surface area contributed by atoms with E-state index in [9.17, 15) is 20.0 Å². The average Bonchev–Trinajstić information content (AvgIpc) is 3.07. The summed E-state index contributed by atoms with van der Waals surface area (Å²) in [5, 5.41) is 25.4. The number of aromatic nitrogens is 2. The number of benzene rings is 1. The molecule has 0 spiro atoms. The van der Waals surface area contributed by atoms with E-state index in [4.69, 9.17) is 0 Å². The van der Waals surface area contributed by atoms with Crippen molar-refractivity contribution in [1.29, 1.82) is 0 Å². The van der Waals surface area contributed by atoms with Crippen molar-refractivity contribution in [3.63, 3.8) is 0 Å². The first kappa shape index (κ1) is 15.6. The van der Waals surface area contributed by atoms with E-state index in [0.717, 1.165) is 0 Å². The van der Waals surface area contributed by atoms with E-state index in [1.54, 1.807) is 17.6 Å². The van der Waals surface area contributed by atoms with Crippen molar-refractivity contribution < 1.29 is 14.8 Å². The fraction of sp³-hybridized carbons (Fsp3) is 0. The van der Waals surface area contributed by atoms with Gasteiger partial charge in [-0.25, -0.2) is 14.8 Å².